The van der Waals surface area contributed by atoms with Crippen LogP contribution in [0.2, 0.25) is 0 Å². The predicted molar refractivity (Wildman–Crippen MR) is 133 cm³/mol. The van der Waals surface area contributed by atoms with E-state index >= 15 is 0 Å². The van der Waals surface area contributed by atoms with Gasteiger partial charge in [-0.25, -0.2) is 4.68 Å². The van der Waals surface area contributed by atoms with Gasteiger partial charge in [0.15, 0.2) is 11.6 Å². The first-order chi connectivity index (χ1) is 17.3. The number of thioether (sulfide) groups is 1. The van der Waals surface area contributed by atoms with Gasteiger partial charge in [-0.1, -0.05) is 91.5 Å². The maximum absolute atomic E-state index is 13.5. The Morgan fingerprint density at radius 1 is 0.972 bits per heavy atom. The van der Waals surface area contributed by atoms with Gasteiger partial charge in [-0.05, 0) is 29.2 Å². The lowest BCUT2D eigenvalue weighted by Crippen LogP contribution is -2.39. The summed E-state index contributed by atoms with van der Waals surface area (Å²) < 4.78 is 41.3. The van der Waals surface area contributed by atoms with Crippen molar-refractivity contribution in [3.8, 4) is 0 Å². The second-order valence-corrected chi connectivity index (χ2v) is 9.85. The lowest BCUT2D eigenvalue weighted by Gasteiger charge is -2.33. The molecular formula is C27H23F3N4OS. The summed E-state index contributed by atoms with van der Waals surface area (Å²) in [5.41, 5.74) is 4.88. The predicted octanol–water partition coefficient (Wildman–Crippen LogP) is 6.29. The zero-order chi connectivity index (χ0) is 25.3. The number of carbonyl (C=O) groups excluding carboxylic acids is 1. The molecular weight excluding hydrogens is 485 g/mol. The van der Waals surface area contributed by atoms with E-state index in [2.05, 4.69) is 34.7 Å². The summed E-state index contributed by atoms with van der Waals surface area (Å²) in [6.07, 6.45) is -3.84. The van der Waals surface area contributed by atoms with E-state index in [1.54, 1.807) is 28.9 Å². The Morgan fingerprint density at radius 2 is 1.61 bits per heavy atom. The average Bonchev–Trinajstić information content (AvgIpc) is 3.29. The van der Waals surface area contributed by atoms with Gasteiger partial charge in [0.25, 0.3) is 0 Å². The topological polar surface area (TPSA) is 59.8 Å². The molecule has 0 spiro atoms. The largest absolute Gasteiger partial charge is 0.416 e. The lowest BCUT2D eigenvalue weighted by atomic mass is 9.96. The van der Waals surface area contributed by atoms with Crippen LogP contribution in [0, 0.1) is 0 Å². The van der Waals surface area contributed by atoms with Crippen molar-refractivity contribution >= 4 is 17.5 Å². The Labute approximate surface area is 210 Å². The van der Waals surface area contributed by atoms with Crippen LogP contribution in [-0.2, 0) is 12.6 Å². The molecule has 1 aliphatic heterocycles. The summed E-state index contributed by atoms with van der Waals surface area (Å²) in [6, 6.07) is 23.3. The van der Waals surface area contributed by atoms with Gasteiger partial charge < -0.3 is 5.43 Å². The molecule has 0 radical (unpaired) electrons. The smallest absolute Gasteiger partial charge is 0.313 e. The third kappa shape index (κ3) is 4.88. The summed E-state index contributed by atoms with van der Waals surface area (Å²) >= 11 is 1.27. The van der Waals surface area contributed by atoms with E-state index in [1.807, 2.05) is 24.3 Å². The molecule has 5 rings (SSSR count). The number of hydrogen-bond donors (Lipinski definition) is 1. The van der Waals surface area contributed by atoms with Gasteiger partial charge in [0, 0.05) is 12.0 Å². The number of halogens is 3. The van der Waals surface area contributed by atoms with Gasteiger partial charge in [-0.3, -0.25) is 4.79 Å². The molecule has 0 saturated heterocycles. The molecule has 1 aliphatic rings. The van der Waals surface area contributed by atoms with Crippen molar-refractivity contribution in [1.29, 1.82) is 0 Å². The minimum atomic E-state index is -4.44. The van der Waals surface area contributed by atoms with Crippen LogP contribution >= 0.6 is 11.8 Å². The monoisotopic (exact) mass is 508 g/mol. The maximum atomic E-state index is 13.5. The first-order valence-corrected chi connectivity index (χ1v) is 12.4. The molecule has 2 heterocycles. The summed E-state index contributed by atoms with van der Waals surface area (Å²) in [5.74, 6) is 0.724. The summed E-state index contributed by atoms with van der Waals surface area (Å²) in [5, 5.41) is 8.60. The number of alkyl halides is 3. The summed E-state index contributed by atoms with van der Waals surface area (Å²) in [6.45, 7) is 2.10. The highest BCUT2D eigenvalue weighted by Gasteiger charge is 2.39. The van der Waals surface area contributed by atoms with Crippen LogP contribution in [-0.4, -0.2) is 25.9 Å². The minimum absolute atomic E-state index is 0.133. The molecule has 0 amide bonds. The van der Waals surface area contributed by atoms with Gasteiger partial charge in [-0.15, -0.1) is 10.2 Å². The highest BCUT2D eigenvalue weighted by molar-refractivity contribution is 8.00. The number of fused-ring (bicyclic) bond motifs is 1. The standard InChI is InChI=1S/C27H23F3N4OS/c1-17(18-8-4-2-5-9-18)16-22-31-32-26-34(22)33-23(19-12-14-21(15-13-19)27(28,29)30)25(36-26)24(35)20-10-6-3-7-11-20/h2-15,17,23,25,33H,16H2,1H3. The van der Waals surface area contributed by atoms with Crippen molar-refractivity contribution in [2.75, 3.05) is 5.43 Å². The van der Waals surface area contributed by atoms with Crippen molar-refractivity contribution < 1.29 is 18.0 Å². The fourth-order valence-electron chi connectivity index (χ4n) is 4.30. The van der Waals surface area contributed by atoms with Crippen molar-refractivity contribution in [3.63, 3.8) is 0 Å². The van der Waals surface area contributed by atoms with Crippen LogP contribution in [0.1, 0.15) is 51.8 Å². The van der Waals surface area contributed by atoms with Gasteiger partial charge >= 0.3 is 6.18 Å². The van der Waals surface area contributed by atoms with E-state index in [-0.39, 0.29) is 11.7 Å². The van der Waals surface area contributed by atoms with Crippen LogP contribution in [0.3, 0.4) is 0 Å². The molecule has 5 nitrogen and oxygen atoms in total. The molecule has 9 heteroatoms. The summed E-state index contributed by atoms with van der Waals surface area (Å²) in [4.78, 5) is 13.5. The second-order valence-electron chi connectivity index (χ2n) is 8.75. The summed E-state index contributed by atoms with van der Waals surface area (Å²) in [7, 11) is 0. The lowest BCUT2D eigenvalue weighted by molar-refractivity contribution is -0.137. The third-order valence-corrected chi connectivity index (χ3v) is 7.49. The molecule has 0 aliphatic carbocycles. The number of nitrogens with one attached hydrogen (secondary N) is 1. The Bertz CT molecular complexity index is 1340. The number of Topliss-reactive ketones (excluding diaryl/α,β-unsaturated/α-hetero) is 1. The first-order valence-electron chi connectivity index (χ1n) is 11.5. The van der Waals surface area contributed by atoms with E-state index in [4.69, 9.17) is 0 Å². The van der Waals surface area contributed by atoms with Crippen LogP contribution in [0.25, 0.3) is 0 Å². The van der Waals surface area contributed by atoms with Crippen molar-refractivity contribution in [2.45, 2.75) is 41.9 Å². The van der Waals surface area contributed by atoms with E-state index in [0.29, 0.717) is 28.5 Å². The first kappa shape index (κ1) is 24.1. The Morgan fingerprint density at radius 3 is 2.25 bits per heavy atom. The van der Waals surface area contributed by atoms with E-state index in [0.717, 1.165) is 17.7 Å². The highest BCUT2D eigenvalue weighted by atomic mass is 32.2. The van der Waals surface area contributed by atoms with Gasteiger partial charge in [0.2, 0.25) is 5.16 Å². The Kier molecular flexibility index (Phi) is 6.57. The van der Waals surface area contributed by atoms with E-state index < -0.39 is 23.0 Å². The molecule has 1 aromatic heterocycles. The van der Waals surface area contributed by atoms with Crippen LogP contribution in [0.4, 0.5) is 13.2 Å². The van der Waals surface area contributed by atoms with Gasteiger partial charge in [0.05, 0.1) is 11.6 Å². The Hall–Kier alpha value is -3.59. The fourth-order valence-corrected chi connectivity index (χ4v) is 5.48. The number of hydrogen-bond acceptors (Lipinski definition) is 5. The fraction of sp³-hybridized carbons (Fsp3) is 0.222. The highest BCUT2D eigenvalue weighted by Crippen LogP contribution is 2.40. The molecule has 0 saturated carbocycles. The maximum Gasteiger partial charge on any atom is 0.416 e. The molecule has 0 fully saturated rings. The Balaban J connectivity index is 1.49. The average molecular weight is 509 g/mol. The minimum Gasteiger partial charge on any atom is -0.313 e. The molecule has 0 bridgehead atoms. The molecule has 3 unspecified atom stereocenters. The van der Waals surface area contributed by atoms with Crippen LogP contribution in [0.5, 0.6) is 0 Å². The number of benzene rings is 3. The van der Waals surface area contributed by atoms with Gasteiger partial charge in [-0.2, -0.15) is 13.2 Å². The zero-order valence-electron chi connectivity index (χ0n) is 19.3. The number of carbonyl (C=O) groups is 1. The molecule has 3 atom stereocenters. The molecule has 3 aromatic carbocycles. The van der Waals surface area contributed by atoms with E-state index in [9.17, 15) is 18.0 Å². The van der Waals surface area contributed by atoms with Crippen molar-refractivity contribution in [3.05, 3.63) is 113 Å². The SMILES string of the molecule is CC(Cc1nnc2n1NC(c1ccc(C(F)(F)F)cc1)C(C(=O)c1ccccc1)S2)c1ccccc1. The van der Waals surface area contributed by atoms with E-state index in [1.165, 1.54) is 23.9 Å². The number of ketones is 1. The zero-order valence-corrected chi connectivity index (χ0v) is 20.1. The number of nitrogens with zero attached hydrogens (tertiary/aromatic N) is 3. The second kappa shape index (κ2) is 9.81. The normalized spacial score (nSPS) is 18.2. The molecule has 4 aromatic rings. The quantitative estimate of drug-likeness (QED) is 0.311. The molecule has 184 valence electrons. The van der Waals surface area contributed by atoms with Crippen molar-refractivity contribution in [1.82, 2.24) is 14.9 Å². The number of aromatic nitrogens is 3. The third-order valence-electron chi connectivity index (χ3n) is 6.27. The molecule has 1 N–H and O–H groups in total. The molecule has 36 heavy (non-hydrogen) atoms. The van der Waals surface area contributed by atoms with Crippen LogP contribution < -0.4 is 5.43 Å². The van der Waals surface area contributed by atoms with Gasteiger partial charge in [0.1, 0.15) is 5.25 Å². The van der Waals surface area contributed by atoms with Crippen molar-refractivity contribution in [2.24, 2.45) is 0 Å². The number of rotatable bonds is 6. The van der Waals surface area contributed by atoms with Crippen LogP contribution in [0.15, 0.2) is 90.1 Å².